The van der Waals surface area contributed by atoms with Crippen molar-refractivity contribution < 1.29 is 17.9 Å². The van der Waals surface area contributed by atoms with Gasteiger partial charge in [0.25, 0.3) is 0 Å². The number of piperidine rings is 1. The SMILES string of the molecule is CCOCCS(=O)(=O)NCC1(COC)CCNCC1. The van der Waals surface area contributed by atoms with Gasteiger partial charge in [0.2, 0.25) is 10.0 Å². The van der Waals surface area contributed by atoms with Crippen LogP contribution in [0.4, 0.5) is 0 Å². The van der Waals surface area contributed by atoms with Crippen LogP contribution < -0.4 is 10.0 Å². The number of rotatable bonds is 9. The number of methoxy groups -OCH3 is 1. The Bertz CT molecular complexity index is 334. The van der Waals surface area contributed by atoms with E-state index in [1.807, 2.05) is 6.92 Å². The van der Waals surface area contributed by atoms with Crippen molar-refractivity contribution in [1.29, 1.82) is 0 Å². The van der Waals surface area contributed by atoms with E-state index in [0.717, 1.165) is 25.9 Å². The third kappa shape index (κ3) is 6.18. The molecule has 0 aromatic heterocycles. The third-order valence-electron chi connectivity index (χ3n) is 3.48. The van der Waals surface area contributed by atoms with Gasteiger partial charge in [-0.15, -0.1) is 0 Å². The second kappa shape index (κ2) is 8.16. The van der Waals surface area contributed by atoms with Crippen LogP contribution in [-0.2, 0) is 19.5 Å². The molecule has 0 aliphatic carbocycles. The molecule has 0 amide bonds. The van der Waals surface area contributed by atoms with Crippen LogP contribution in [-0.4, -0.2) is 60.7 Å². The standard InChI is InChI=1S/C12H26N2O4S/c1-3-18-8-9-19(15,16)14-10-12(11-17-2)4-6-13-7-5-12/h13-14H,3-11H2,1-2H3. The number of hydrogen-bond donors (Lipinski definition) is 2. The fourth-order valence-corrected chi connectivity index (χ4v) is 3.29. The largest absolute Gasteiger partial charge is 0.384 e. The van der Waals surface area contributed by atoms with E-state index in [0.29, 0.717) is 19.8 Å². The number of hydrogen-bond acceptors (Lipinski definition) is 5. The van der Waals surface area contributed by atoms with E-state index in [2.05, 4.69) is 10.0 Å². The Morgan fingerprint density at radius 2 is 2.00 bits per heavy atom. The predicted molar refractivity (Wildman–Crippen MR) is 74.7 cm³/mol. The van der Waals surface area contributed by atoms with Crippen molar-refractivity contribution >= 4 is 10.0 Å². The summed E-state index contributed by atoms with van der Waals surface area (Å²) in [6.07, 6.45) is 1.85. The lowest BCUT2D eigenvalue weighted by molar-refractivity contribution is 0.0576. The highest BCUT2D eigenvalue weighted by molar-refractivity contribution is 7.89. The average molecular weight is 294 g/mol. The second-order valence-corrected chi connectivity index (χ2v) is 6.95. The molecule has 7 heteroatoms. The van der Waals surface area contributed by atoms with Crippen LogP contribution >= 0.6 is 0 Å². The lowest BCUT2D eigenvalue weighted by atomic mass is 9.80. The fraction of sp³-hybridized carbons (Fsp3) is 1.00. The van der Waals surface area contributed by atoms with Crippen LogP contribution in [0.1, 0.15) is 19.8 Å². The summed E-state index contributed by atoms with van der Waals surface area (Å²) in [5.41, 5.74) is -0.0846. The summed E-state index contributed by atoms with van der Waals surface area (Å²) in [7, 11) is -1.60. The quantitative estimate of drug-likeness (QED) is 0.584. The highest BCUT2D eigenvalue weighted by Crippen LogP contribution is 2.28. The smallest absolute Gasteiger partial charge is 0.213 e. The van der Waals surface area contributed by atoms with Crippen LogP contribution in [0.15, 0.2) is 0 Å². The van der Waals surface area contributed by atoms with Crippen molar-refractivity contribution in [1.82, 2.24) is 10.0 Å². The maximum Gasteiger partial charge on any atom is 0.213 e. The van der Waals surface area contributed by atoms with Gasteiger partial charge < -0.3 is 14.8 Å². The molecule has 19 heavy (non-hydrogen) atoms. The zero-order valence-corrected chi connectivity index (χ0v) is 12.7. The summed E-state index contributed by atoms with van der Waals surface area (Å²) in [5, 5.41) is 3.28. The van der Waals surface area contributed by atoms with E-state index in [1.54, 1.807) is 7.11 Å². The zero-order chi connectivity index (χ0) is 14.2. The van der Waals surface area contributed by atoms with Crippen LogP contribution in [0.25, 0.3) is 0 Å². The Balaban J connectivity index is 2.46. The molecular formula is C12H26N2O4S. The first kappa shape index (κ1) is 16.8. The molecule has 114 valence electrons. The van der Waals surface area contributed by atoms with Gasteiger partial charge in [-0.1, -0.05) is 0 Å². The maximum atomic E-state index is 11.8. The van der Waals surface area contributed by atoms with E-state index >= 15 is 0 Å². The number of ether oxygens (including phenoxy) is 2. The van der Waals surface area contributed by atoms with E-state index < -0.39 is 10.0 Å². The molecule has 6 nitrogen and oxygen atoms in total. The van der Waals surface area contributed by atoms with Crippen molar-refractivity contribution in [3.63, 3.8) is 0 Å². The minimum Gasteiger partial charge on any atom is -0.384 e. The first-order valence-electron chi connectivity index (χ1n) is 6.78. The van der Waals surface area contributed by atoms with Gasteiger partial charge in [0.15, 0.2) is 0 Å². The summed E-state index contributed by atoms with van der Waals surface area (Å²) < 4.78 is 36.7. The van der Waals surface area contributed by atoms with Crippen LogP contribution in [0, 0.1) is 5.41 Å². The van der Waals surface area contributed by atoms with Gasteiger partial charge in [-0.05, 0) is 32.9 Å². The molecule has 1 fully saturated rings. The van der Waals surface area contributed by atoms with E-state index in [-0.39, 0.29) is 17.8 Å². The maximum absolute atomic E-state index is 11.8. The molecule has 0 aromatic carbocycles. The van der Waals surface area contributed by atoms with Gasteiger partial charge >= 0.3 is 0 Å². The Morgan fingerprint density at radius 1 is 1.32 bits per heavy atom. The molecule has 0 bridgehead atoms. The Morgan fingerprint density at radius 3 is 2.58 bits per heavy atom. The molecule has 0 spiro atoms. The summed E-state index contributed by atoms with van der Waals surface area (Å²) in [6.45, 7) is 5.47. The Hall–Kier alpha value is -0.210. The van der Waals surface area contributed by atoms with E-state index in [9.17, 15) is 8.42 Å². The van der Waals surface area contributed by atoms with Gasteiger partial charge in [-0.2, -0.15) is 0 Å². The third-order valence-corrected chi connectivity index (χ3v) is 4.77. The molecule has 0 unspecified atom stereocenters. The predicted octanol–water partition coefficient (Wildman–Crippen LogP) is -0.0415. The molecule has 0 atom stereocenters. The van der Waals surface area contributed by atoms with Gasteiger partial charge in [-0.25, -0.2) is 13.1 Å². The minimum atomic E-state index is -3.26. The molecule has 1 rings (SSSR count). The van der Waals surface area contributed by atoms with Crippen LogP contribution in [0.3, 0.4) is 0 Å². The molecule has 0 aromatic rings. The molecule has 1 heterocycles. The Kier molecular flexibility index (Phi) is 7.23. The highest BCUT2D eigenvalue weighted by Gasteiger charge is 2.33. The summed E-state index contributed by atoms with van der Waals surface area (Å²) in [4.78, 5) is 0. The highest BCUT2D eigenvalue weighted by atomic mass is 32.2. The first-order chi connectivity index (χ1) is 9.04. The molecule has 0 radical (unpaired) electrons. The fourth-order valence-electron chi connectivity index (χ4n) is 2.28. The lowest BCUT2D eigenvalue weighted by Gasteiger charge is -2.37. The zero-order valence-electron chi connectivity index (χ0n) is 11.9. The molecular weight excluding hydrogens is 268 g/mol. The summed E-state index contributed by atoms with van der Waals surface area (Å²) in [5.74, 6) is 0.0160. The summed E-state index contributed by atoms with van der Waals surface area (Å²) in [6, 6.07) is 0. The lowest BCUT2D eigenvalue weighted by Crippen LogP contribution is -2.47. The van der Waals surface area contributed by atoms with E-state index in [1.165, 1.54) is 0 Å². The van der Waals surface area contributed by atoms with Gasteiger partial charge in [0.1, 0.15) is 0 Å². The Labute approximate surface area is 116 Å². The minimum absolute atomic E-state index is 0.0160. The normalized spacial score (nSPS) is 19.5. The average Bonchev–Trinajstić information content (AvgIpc) is 2.39. The number of sulfonamides is 1. The molecule has 1 aliphatic rings. The van der Waals surface area contributed by atoms with E-state index in [4.69, 9.17) is 9.47 Å². The van der Waals surface area contributed by atoms with Gasteiger partial charge in [-0.3, -0.25) is 0 Å². The van der Waals surface area contributed by atoms with Crippen molar-refractivity contribution in [2.45, 2.75) is 19.8 Å². The van der Waals surface area contributed by atoms with Crippen LogP contribution in [0.5, 0.6) is 0 Å². The van der Waals surface area contributed by atoms with Crippen LogP contribution in [0.2, 0.25) is 0 Å². The monoisotopic (exact) mass is 294 g/mol. The van der Waals surface area contributed by atoms with Crippen molar-refractivity contribution in [2.24, 2.45) is 5.41 Å². The molecule has 2 N–H and O–H groups in total. The number of nitrogens with one attached hydrogen (secondary N) is 2. The van der Waals surface area contributed by atoms with Gasteiger partial charge in [0.05, 0.1) is 19.0 Å². The van der Waals surface area contributed by atoms with Gasteiger partial charge in [0, 0.05) is 25.7 Å². The first-order valence-corrected chi connectivity index (χ1v) is 8.43. The topological polar surface area (TPSA) is 76.7 Å². The van der Waals surface area contributed by atoms with Crippen molar-refractivity contribution in [3.05, 3.63) is 0 Å². The molecule has 1 saturated heterocycles. The summed E-state index contributed by atoms with van der Waals surface area (Å²) >= 11 is 0. The van der Waals surface area contributed by atoms with Crippen molar-refractivity contribution in [2.75, 3.05) is 52.3 Å². The van der Waals surface area contributed by atoms with Crippen molar-refractivity contribution in [3.8, 4) is 0 Å². The molecule has 0 saturated carbocycles. The second-order valence-electron chi connectivity index (χ2n) is 5.02. The molecule has 1 aliphatic heterocycles.